The Morgan fingerprint density at radius 3 is 2.35 bits per heavy atom. The molecule has 0 bridgehead atoms. The molecule has 0 aliphatic carbocycles. The minimum Gasteiger partial charge on any atom is -0.388 e. The van der Waals surface area contributed by atoms with Gasteiger partial charge in [0.15, 0.2) is 0 Å². The Labute approximate surface area is 105 Å². The van der Waals surface area contributed by atoms with Crippen molar-refractivity contribution >= 4 is 5.84 Å². The molecule has 0 radical (unpaired) electrons. The first-order valence-corrected chi connectivity index (χ1v) is 6.30. The summed E-state index contributed by atoms with van der Waals surface area (Å²) < 4.78 is 6.10. The van der Waals surface area contributed by atoms with Crippen molar-refractivity contribution in [3.8, 4) is 0 Å². The van der Waals surface area contributed by atoms with Crippen LogP contribution in [0.5, 0.6) is 0 Å². The van der Waals surface area contributed by atoms with E-state index in [1.165, 1.54) is 0 Å². The lowest BCUT2D eigenvalue weighted by Gasteiger charge is -2.37. The van der Waals surface area contributed by atoms with E-state index in [2.05, 4.69) is 46.6 Å². The van der Waals surface area contributed by atoms with Gasteiger partial charge in [-0.3, -0.25) is 10.3 Å². The van der Waals surface area contributed by atoms with Gasteiger partial charge in [0.05, 0.1) is 17.0 Å². The Kier molecular flexibility index (Phi) is 3.89. The molecule has 100 valence electrons. The SMILES string of the molecule is CC(CC(=N)N)N(C)C1CC(C)(C)OC1(C)C. The maximum atomic E-state index is 7.39. The average Bonchev–Trinajstić information content (AvgIpc) is 2.31. The van der Waals surface area contributed by atoms with E-state index in [9.17, 15) is 0 Å². The molecule has 0 amide bonds. The maximum Gasteiger partial charge on any atom is 0.0920 e. The van der Waals surface area contributed by atoms with Gasteiger partial charge in [0.1, 0.15) is 0 Å². The number of nitrogens with zero attached hydrogens (tertiary/aromatic N) is 1. The highest BCUT2D eigenvalue weighted by Crippen LogP contribution is 2.40. The van der Waals surface area contributed by atoms with Gasteiger partial charge in [0.2, 0.25) is 0 Å². The number of hydrogen-bond acceptors (Lipinski definition) is 3. The lowest BCUT2D eigenvalue weighted by molar-refractivity contribution is -0.0809. The van der Waals surface area contributed by atoms with E-state index in [4.69, 9.17) is 15.9 Å². The van der Waals surface area contributed by atoms with E-state index in [-0.39, 0.29) is 23.1 Å². The molecule has 17 heavy (non-hydrogen) atoms. The van der Waals surface area contributed by atoms with E-state index in [0.717, 1.165) is 6.42 Å². The van der Waals surface area contributed by atoms with E-state index in [1.54, 1.807) is 0 Å². The monoisotopic (exact) mass is 241 g/mol. The van der Waals surface area contributed by atoms with Crippen LogP contribution in [0.1, 0.15) is 47.5 Å². The highest BCUT2D eigenvalue weighted by Gasteiger charge is 2.48. The number of amidine groups is 1. The third-order valence-corrected chi connectivity index (χ3v) is 3.73. The van der Waals surface area contributed by atoms with Crippen LogP contribution in [0.2, 0.25) is 0 Å². The zero-order valence-corrected chi connectivity index (χ0v) is 12.0. The van der Waals surface area contributed by atoms with Crippen LogP contribution < -0.4 is 5.73 Å². The minimum absolute atomic E-state index is 0.0711. The van der Waals surface area contributed by atoms with Gasteiger partial charge in [0, 0.05) is 18.5 Å². The molecule has 1 heterocycles. The number of hydrogen-bond donors (Lipinski definition) is 2. The van der Waals surface area contributed by atoms with Gasteiger partial charge in [0.25, 0.3) is 0 Å². The first kappa shape index (κ1) is 14.5. The molecule has 1 aliphatic rings. The lowest BCUT2D eigenvalue weighted by atomic mass is 9.92. The van der Waals surface area contributed by atoms with Crippen molar-refractivity contribution in [2.45, 2.75) is 70.7 Å². The van der Waals surface area contributed by atoms with Crippen LogP contribution in [0.25, 0.3) is 0 Å². The number of nitrogens with one attached hydrogen (secondary N) is 1. The molecule has 3 N–H and O–H groups in total. The first-order chi connectivity index (χ1) is 7.55. The van der Waals surface area contributed by atoms with Crippen LogP contribution in [0.15, 0.2) is 0 Å². The van der Waals surface area contributed by atoms with Gasteiger partial charge < -0.3 is 10.5 Å². The minimum atomic E-state index is -0.150. The zero-order chi connectivity index (χ0) is 13.4. The van der Waals surface area contributed by atoms with Gasteiger partial charge >= 0.3 is 0 Å². The van der Waals surface area contributed by atoms with Crippen LogP contribution in [-0.4, -0.2) is 41.1 Å². The van der Waals surface area contributed by atoms with Crippen LogP contribution >= 0.6 is 0 Å². The van der Waals surface area contributed by atoms with Crippen molar-refractivity contribution in [2.24, 2.45) is 5.73 Å². The molecule has 4 nitrogen and oxygen atoms in total. The fourth-order valence-electron chi connectivity index (χ4n) is 2.94. The molecule has 2 unspecified atom stereocenters. The van der Waals surface area contributed by atoms with E-state index < -0.39 is 0 Å². The van der Waals surface area contributed by atoms with Crippen LogP contribution in [0.3, 0.4) is 0 Å². The number of rotatable bonds is 4. The largest absolute Gasteiger partial charge is 0.388 e. The topological polar surface area (TPSA) is 62.3 Å². The zero-order valence-electron chi connectivity index (χ0n) is 12.0. The van der Waals surface area contributed by atoms with E-state index >= 15 is 0 Å². The van der Waals surface area contributed by atoms with E-state index in [1.807, 2.05) is 0 Å². The molecule has 2 atom stereocenters. The second kappa shape index (κ2) is 4.58. The normalized spacial score (nSPS) is 28.3. The third kappa shape index (κ3) is 3.42. The van der Waals surface area contributed by atoms with Crippen LogP contribution in [0, 0.1) is 5.41 Å². The highest BCUT2D eigenvalue weighted by molar-refractivity contribution is 5.77. The second-order valence-corrected chi connectivity index (χ2v) is 6.43. The molecule has 1 aliphatic heterocycles. The predicted octanol–water partition coefficient (Wildman–Crippen LogP) is 1.98. The Balaban J connectivity index is 2.75. The molecular formula is C13H27N3O. The molecule has 0 saturated carbocycles. The number of nitrogens with two attached hydrogens (primary N) is 1. The summed E-state index contributed by atoms with van der Waals surface area (Å²) in [4.78, 5) is 2.30. The van der Waals surface area contributed by atoms with Crippen molar-refractivity contribution < 1.29 is 4.74 Å². The predicted molar refractivity (Wildman–Crippen MR) is 71.4 cm³/mol. The summed E-state index contributed by atoms with van der Waals surface area (Å²) in [6.07, 6.45) is 1.63. The summed E-state index contributed by atoms with van der Waals surface area (Å²) in [5, 5.41) is 7.39. The van der Waals surface area contributed by atoms with Gasteiger partial charge in [-0.25, -0.2) is 0 Å². The van der Waals surface area contributed by atoms with Crippen LogP contribution in [0.4, 0.5) is 0 Å². The van der Waals surface area contributed by atoms with E-state index in [0.29, 0.717) is 12.5 Å². The standard InChI is InChI=1S/C13H27N3O/c1-9(7-11(14)15)16(6)10-8-12(2,3)17-13(10,4)5/h9-10H,7-8H2,1-6H3,(H3,14,15). The molecule has 0 aromatic rings. The molecule has 1 rings (SSSR count). The summed E-state index contributed by atoms with van der Waals surface area (Å²) in [5.74, 6) is 0.250. The fraction of sp³-hybridized carbons (Fsp3) is 0.923. The molecule has 4 heteroatoms. The molecule has 0 spiro atoms. The first-order valence-electron chi connectivity index (χ1n) is 6.30. The Hall–Kier alpha value is -0.610. The molecule has 0 aromatic heterocycles. The smallest absolute Gasteiger partial charge is 0.0920 e. The Bertz CT molecular complexity index is 299. The highest BCUT2D eigenvalue weighted by atomic mass is 16.5. The van der Waals surface area contributed by atoms with Gasteiger partial charge in [-0.15, -0.1) is 0 Å². The summed E-state index contributed by atoms with van der Waals surface area (Å²) in [7, 11) is 2.10. The third-order valence-electron chi connectivity index (χ3n) is 3.73. The number of likely N-dealkylation sites (N-methyl/N-ethyl adjacent to an activating group) is 1. The van der Waals surface area contributed by atoms with Gasteiger partial charge in [-0.05, 0) is 48.1 Å². The van der Waals surface area contributed by atoms with Crippen molar-refractivity contribution in [1.82, 2.24) is 4.90 Å². The quantitative estimate of drug-likeness (QED) is 0.584. The van der Waals surface area contributed by atoms with Crippen molar-refractivity contribution in [2.75, 3.05) is 7.05 Å². The van der Waals surface area contributed by atoms with Gasteiger partial charge in [-0.2, -0.15) is 0 Å². The average molecular weight is 241 g/mol. The molecule has 1 fully saturated rings. The number of ether oxygens (including phenoxy) is 1. The fourth-order valence-corrected chi connectivity index (χ4v) is 2.94. The Morgan fingerprint density at radius 2 is 2.00 bits per heavy atom. The van der Waals surface area contributed by atoms with Gasteiger partial charge in [-0.1, -0.05) is 0 Å². The molecule has 0 aromatic carbocycles. The molecule has 1 saturated heterocycles. The summed E-state index contributed by atoms with van der Waals surface area (Å²) in [6.45, 7) is 10.7. The van der Waals surface area contributed by atoms with Crippen LogP contribution in [-0.2, 0) is 4.74 Å². The maximum absolute atomic E-state index is 7.39. The lowest BCUT2D eigenvalue weighted by Crippen LogP contribution is -2.49. The van der Waals surface area contributed by atoms with Crippen molar-refractivity contribution in [3.05, 3.63) is 0 Å². The van der Waals surface area contributed by atoms with Crippen molar-refractivity contribution in [3.63, 3.8) is 0 Å². The summed E-state index contributed by atoms with van der Waals surface area (Å²) in [6, 6.07) is 0.640. The Morgan fingerprint density at radius 1 is 1.47 bits per heavy atom. The van der Waals surface area contributed by atoms with Crippen molar-refractivity contribution in [1.29, 1.82) is 5.41 Å². The molecular weight excluding hydrogens is 214 g/mol. The summed E-state index contributed by atoms with van der Waals surface area (Å²) >= 11 is 0. The second-order valence-electron chi connectivity index (χ2n) is 6.43. The summed E-state index contributed by atoms with van der Waals surface area (Å²) in [5.41, 5.74) is 5.26.